The maximum Gasteiger partial charge on any atom is 0.264 e. The van der Waals surface area contributed by atoms with E-state index >= 15 is 0 Å². The molecule has 18 heteroatoms. The Hall–Kier alpha value is -5.95. The Labute approximate surface area is 353 Å². The molecular weight excluding hydrogens is 783 g/mol. The van der Waals surface area contributed by atoms with E-state index in [-0.39, 0.29) is 29.9 Å². The van der Waals surface area contributed by atoms with E-state index in [1.54, 1.807) is 29.4 Å². The van der Waals surface area contributed by atoms with Crippen molar-refractivity contribution in [3.05, 3.63) is 76.7 Å². The number of anilines is 2. The summed E-state index contributed by atoms with van der Waals surface area (Å²) < 4.78 is 14.3. The summed E-state index contributed by atoms with van der Waals surface area (Å²) in [7, 11) is 4.24. The van der Waals surface area contributed by atoms with E-state index in [1.165, 1.54) is 0 Å². The van der Waals surface area contributed by atoms with E-state index in [0.29, 0.717) is 98.3 Å². The minimum Gasteiger partial charge on any atom is -0.382 e. The molecule has 5 amide bonds. The van der Waals surface area contributed by atoms with E-state index in [2.05, 4.69) is 39.7 Å². The van der Waals surface area contributed by atoms with Crippen LogP contribution in [0.15, 0.2) is 48.8 Å². The number of rotatable bonds is 17. The normalized spacial score (nSPS) is 21.2. The van der Waals surface area contributed by atoms with Crippen LogP contribution in [0, 0.1) is 0 Å². The van der Waals surface area contributed by atoms with Gasteiger partial charge in [-0.05, 0) is 51.6 Å². The summed E-state index contributed by atoms with van der Waals surface area (Å²) >= 11 is 0. The third kappa shape index (κ3) is 8.15. The number of imide groups is 2. The fraction of sp³-hybridized carbons (Fsp3) is 0.465. The van der Waals surface area contributed by atoms with Gasteiger partial charge in [0, 0.05) is 62.8 Å². The molecule has 1 aromatic carbocycles. The van der Waals surface area contributed by atoms with Gasteiger partial charge < -0.3 is 19.4 Å². The second-order valence-electron chi connectivity index (χ2n) is 16.2. The lowest BCUT2D eigenvalue weighted by atomic mass is 10.0. The van der Waals surface area contributed by atoms with E-state index < -0.39 is 29.7 Å². The van der Waals surface area contributed by atoms with Crippen LogP contribution in [-0.2, 0) is 38.7 Å². The maximum absolute atomic E-state index is 14.2. The highest BCUT2D eigenvalue weighted by Gasteiger charge is 2.46. The number of aryl methyl sites for hydroxylation is 1. The van der Waals surface area contributed by atoms with E-state index in [0.717, 1.165) is 41.4 Å². The van der Waals surface area contributed by atoms with Crippen LogP contribution in [0.1, 0.15) is 81.9 Å². The number of likely N-dealkylation sites (tertiary alicyclic amines) is 1. The van der Waals surface area contributed by atoms with Gasteiger partial charge in [-0.2, -0.15) is 4.98 Å². The Balaban J connectivity index is 0.836. The van der Waals surface area contributed by atoms with Crippen LogP contribution in [0.25, 0.3) is 11.5 Å². The first kappa shape index (κ1) is 41.8. The van der Waals surface area contributed by atoms with Crippen molar-refractivity contribution in [2.75, 3.05) is 70.4 Å². The molecule has 2 unspecified atom stereocenters. The van der Waals surface area contributed by atoms with E-state index in [4.69, 9.17) is 19.4 Å². The smallest absolute Gasteiger partial charge is 0.264 e. The van der Waals surface area contributed by atoms with Crippen LogP contribution in [0.4, 0.5) is 17.3 Å². The monoisotopic (exact) mass is 834 g/mol. The maximum atomic E-state index is 14.2. The summed E-state index contributed by atoms with van der Waals surface area (Å²) in [6, 6.07) is 11.9. The number of quaternary nitrogens is 1. The van der Waals surface area contributed by atoms with E-state index in [1.807, 2.05) is 42.8 Å². The van der Waals surface area contributed by atoms with Crippen molar-refractivity contribution in [3.63, 3.8) is 0 Å². The molecule has 2 saturated heterocycles. The van der Waals surface area contributed by atoms with Crippen molar-refractivity contribution in [2.45, 2.75) is 71.2 Å². The van der Waals surface area contributed by atoms with Crippen LogP contribution >= 0.6 is 0 Å². The van der Waals surface area contributed by atoms with Gasteiger partial charge in [-0.25, -0.2) is 4.98 Å². The molecule has 18 nitrogen and oxygen atoms in total. The fourth-order valence-corrected chi connectivity index (χ4v) is 8.67. The highest BCUT2D eigenvalue weighted by atomic mass is 16.5. The predicted octanol–water partition coefficient (Wildman–Crippen LogP) is 3.01. The van der Waals surface area contributed by atoms with Crippen molar-refractivity contribution in [2.24, 2.45) is 0 Å². The molecule has 7 heterocycles. The Morgan fingerprint density at radius 3 is 2.52 bits per heavy atom. The number of likely N-dealkylation sites (N-methyl/N-ethyl adjacent to an activating group) is 1. The number of pyridine rings is 2. The molecule has 4 aromatic rings. The standard InChI is InChI=1S/C43H51N11O7/c1-5-51-26-45-49-39(51)32-12-7-13-35(46-32)52-24-30-29(41(52)57)23-36(54(4)18-8-9-27(54)2)47-33(30)25-50(3)17-20-61-22-21-60-19-16-44-31-11-6-10-28-38(31)43(59)53(42(28)58)34-14-15-37(55)48-40(34)56/h6-7,10-13,23,26-27,34H,5,8-9,14-22,24-25H2,1-4H3,(H-,44,48,55,56,59)/p+1/t27-,34?,54?/m1/s1. The average Bonchev–Trinajstić information content (AvgIpc) is 4.02. The lowest BCUT2D eigenvalue weighted by Crippen LogP contribution is -2.54. The number of ether oxygens (including phenoxy) is 2. The van der Waals surface area contributed by atoms with Crippen LogP contribution in [0.2, 0.25) is 0 Å². The van der Waals surface area contributed by atoms with Gasteiger partial charge in [-0.15, -0.1) is 10.2 Å². The third-order valence-electron chi connectivity index (χ3n) is 12.4. The minimum atomic E-state index is -1.02. The highest BCUT2D eigenvalue weighted by Crippen LogP contribution is 2.38. The highest BCUT2D eigenvalue weighted by molar-refractivity contribution is 6.25. The number of piperidine rings is 1. The van der Waals surface area contributed by atoms with Crippen molar-refractivity contribution < 1.29 is 33.4 Å². The lowest BCUT2D eigenvalue weighted by molar-refractivity contribution is -0.136. The number of hydrogen-bond donors (Lipinski definition) is 2. The Morgan fingerprint density at radius 1 is 0.951 bits per heavy atom. The quantitative estimate of drug-likeness (QED) is 0.0897. The zero-order chi connectivity index (χ0) is 42.8. The number of nitrogens with one attached hydrogen (secondary N) is 2. The Kier molecular flexibility index (Phi) is 12.0. The molecule has 320 valence electrons. The van der Waals surface area contributed by atoms with Gasteiger partial charge in [0.1, 0.15) is 23.9 Å². The molecule has 0 spiro atoms. The first-order valence-electron chi connectivity index (χ1n) is 21.0. The zero-order valence-corrected chi connectivity index (χ0v) is 35.1. The number of amides is 5. The molecule has 0 saturated carbocycles. The molecule has 2 N–H and O–H groups in total. The van der Waals surface area contributed by atoms with Crippen LogP contribution < -0.4 is 20.0 Å². The number of benzene rings is 1. The first-order valence-corrected chi connectivity index (χ1v) is 21.0. The average molecular weight is 835 g/mol. The third-order valence-corrected chi connectivity index (χ3v) is 12.4. The molecule has 3 atom stereocenters. The van der Waals surface area contributed by atoms with Crippen molar-refractivity contribution in [1.29, 1.82) is 0 Å². The van der Waals surface area contributed by atoms with Crippen molar-refractivity contribution in [3.8, 4) is 11.5 Å². The summed E-state index contributed by atoms with van der Waals surface area (Å²) in [5, 5.41) is 13.7. The topological polar surface area (TPSA) is 194 Å². The molecule has 0 radical (unpaired) electrons. The van der Waals surface area contributed by atoms with Gasteiger partial charge in [0.15, 0.2) is 5.82 Å². The summed E-state index contributed by atoms with van der Waals surface area (Å²) in [4.78, 5) is 79.7. The summed E-state index contributed by atoms with van der Waals surface area (Å²) in [5.74, 6) is -0.152. The van der Waals surface area contributed by atoms with Gasteiger partial charge in [-0.1, -0.05) is 12.1 Å². The van der Waals surface area contributed by atoms with E-state index in [9.17, 15) is 24.0 Å². The number of carbonyl (C=O) groups excluding carboxylic acids is 5. The SMILES string of the molecule is CCn1cnnc1-c1cccc(N2Cc3c(cc([N+]4(C)CCC[C@H]4C)nc3CN(C)CCOCCOCCNc3cccc4c3C(=O)N(C3CCC(=O)NC3=O)C4=O)C2=O)n1. The van der Waals surface area contributed by atoms with Crippen molar-refractivity contribution in [1.82, 2.24) is 44.3 Å². The second kappa shape index (κ2) is 17.6. The largest absolute Gasteiger partial charge is 0.382 e. The number of fused-ring (bicyclic) bond motifs is 2. The molecule has 0 aliphatic carbocycles. The zero-order valence-electron chi connectivity index (χ0n) is 35.1. The molecule has 2 fully saturated rings. The number of carbonyl (C=O) groups is 5. The van der Waals surface area contributed by atoms with Gasteiger partial charge >= 0.3 is 0 Å². The lowest BCUT2D eigenvalue weighted by Gasteiger charge is -2.33. The second-order valence-corrected chi connectivity index (χ2v) is 16.2. The van der Waals surface area contributed by atoms with Gasteiger partial charge in [0.2, 0.25) is 17.6 Å². The van der Waals surface area contributed by atoms with Crippen LogP contribution in [-0.4, -0.2) is 136 Å². The van der Waals surface area contributed by atoms with Gasteiger partial charge in [-0.3, -0.25) is 48.5 Å². The van der Waals surface area contributed by atoms with Crippen LogP contribution in [0.3, 0.4) is 0 Å². The number of aromatic nitrogens is 5. The number of hydrogen-bond acceptors (Lipinski definition) is 13. The summed E-state index contributed by atoms with van der Waals surface area (Å²) in [5.41, 5.74) is 4.01. The molecule has 61 heavy (non-hydrogen) atoms. The molecule has 8 rings (SSSR count). The predicted molar refractivity (Wildman–Crippen MR) is 225 cm³/mol. The molecule has 3 aromatic heterocycles. The minimum absolute atomic E-state index is 0.0585. The molecular formula is C43H52N11O7+. The Morgan fingerprint density at radius 2 is 1.75 bits per heavy atom. The summed E-state index contributed by atoms with van der Waals surface area (Å²) in [6.45, 7) is 9.36. The molecule has 4 aliphatic heterocycles. The molecule has 4 aliphatic rings. The first-order chi connectivity index (χ1) is 29.5. The number of nitrogens with zero attached hydrogens (tertiary/aromatic N) is 9. The van der Waals surface area contributed by atoms with Crippen molar-refractivity contribution >= 4 is 46.9 Å². The molecule has 0 bridgehead atoms. The van der Waals surface area contributed by atoms with Gasteiger partial charge in [0.05, 0.1) is 75.0 Å². The van der Waals surface area contributed by atoms with Crippen LogP contribution in [0.5, 0.6) is 0 Å². The van der Waals surface area contributed by atoms with Gasteiger partial charge in [0.25, 0.3) is 17.7 Å². The fourth-order valence-electron chi connectivity index (χ4n) is 8.67. The Bertz CT molecular complexity index is 2370. The summed E-state index contributed by atoms with van der Waals surface area (Å²) in [6.07, 6.45) is 4.04.